The highest BCUT2D eigenvalue weighted by atomic mass is 16.5. The molecule has 1 fully saturated rings. The number of esters is 1. The van der Waals surface area contributed by atoms with E-state index >= 15 is 0 Å². The Labute approximate surface area is 196 Å². The fraction of sp³-hybridized carbons (Fsp3) is 0.250. The number of amides is 3. The molecule has 2 atom stereocenters. The first-order chi connectivity index (χ1) is 16.4. The molecule has 174 valence electrons. The Kier molecular flexibility index (Phi) is 5.20. The molecule has 0 bridgehead atoms. The van der Waals surface area contributed by atoms with Gasteiger partial charge in [-0.3, -0.25) is 19.4 Å². The zero-order valence-corrected chi connectivity index (χ0v) is 18.9. The molecule has 2 aromatic rings. The SMILES string of the molecule is COC(=O)CN1C(=O)C2C(N=C3N(c4ccc(Oc5ccccc5)cc4)C(C)=CN32)N(C)C1=O. The third-order valence-electron chi connectivity index (χ3n) is 5.98. The van der Waals surface area contributed by atoms with Crippen LogP contribution in [-0.4, -0.2) is 71.5 Å². The van der Waals surface area contributed by atoms with E-state index in [0.717, 1.165) is 22.0 Å². The summed E-state index contributed by atoms with van der Waals surface area (Å²) in [6.45, 7) is 1.47. The van der Waals surface area contributed by atoms with Crippen molar-refractivity contribution in [3.8, 4) is 11.5 Å². The van der Waals surface area contributed by atoms with Crippen molar-refractivity contribution in [2.75, 3.05) is 25.6 Å². The minimum atomic E-state index is -0.761. The van der Waals surface area contributed by atoms with E-state index in [1.54, 1.807) is 11.9 Å². The maximum atomic E-state index is 13.2. The Morgan fingerprint density at radius 3 is 2.38 bits per heavy atom. The van der Waals surface area contributed by atoms with Crippen molar-refractivity contribution in [3.05, 3.63) is 66.5 Å². The summed E-state index contributed by atoms with van der Waals surface area (Å²) in [5.74, 6) is 0.812. The number of hydrogen-bond donors (Lipinski definition) is 0. The first-order valence-electron chi connectivity index (χ1n) is 10.7. The molecule has 34 heavy (non-hydrogen) atoms. The number of ether oxygens (including phenoxy) is 2. The molecule has 10 nitrogen and oxygen atoms in total. The predicted molar refractivity (Wildman–Crippen MR) is 123 cm³/mol. The number of urea groups is 1. The number of hydrogen-bond acceptors (Lipinski definition) is 8. The average molecular weight is 461 g/mol. The van der Waals surface area contributed by atoms with Crippen molar-refractivity contribution in [2.24, 2.45) is 4.99 Å². The largest absolute Gasteiger partial charge is 0.468 e. The zero-order chi connectivity index (χ0) is 24.0. The summed E-state index contributed by atoms with van der Waals surface area (Å²) in [6, 6.07) is 15.7. The van der Waals surface area contributed by atoms with Gasteiger partial charge in [-0.05, 0) is 43.3 Å². The van der Waals surface area contributed by atoms with Crippen LogP contribution in [0.15, 0.2) is 71.5 Å². The molecule has 2 unspecified atom stereocenters. The molecule has 0 aromatic heterocycles. The van der Waals surface area contributed by atoms with Crippen molar-refractivity contribution in [1.29, 1.82) is 0 Å². The third-order valence-corrected chi connectivity index (χ3v) is 5.98. The molecule has 0 radical (unpaired) electrons. The highest BCUT2D eigenvalue weighted by molar-refractivity contribution is 6.10. The Morgan fingerprint density at radius 1 is 1.03 bits per heavy atom. The summed E-state index contributed by atoms with van der Waals surface area (Å²) in [5, 5.41) is 0. The van der Waals surface area contributed by atoms with Crippen LogP contribution in [0, 0.1) is 0 Å². The van der Waals surface area contributed by atoms with Crippen molar-refractivity contribution < 1.29 is 23.9 Å². The molecular formula is C24H23N5O5. The van der Waals surface area contributed by atoms with Gasteiger partial charge in [-0.1, -0.05) is 18.2 Å². The second-order valence-corrected chi connectivity index (χ2v) is 8.10. The molecule has 5 rings (SSSR count). The summed E-state index contributed by atoms with van der Waals surface area (Å²) < 4.78 is 10.5. The average Bonchev–Trinajstić information content (AvgIpc) is 3.36. The minimum absolute atomic E-state index is 0.444. The van der Waals surface area contributed by atoms with Crippen molar-refractivity contribution in [3.63, 3.8) is 0 Å². The van der Waals surface area contributed by atoms with Crippen LogP contribution < -0.4 is 9.64 Å². The Bertz CT molecular complexity index is 1210. The summed E-state index contributed by atoms with van der Waals surface area (Å²) in [4.78, 5) is 48.4. The van der Waals surface area contributed by atoms with Crippen molar-refractivity contribution in [1.82, 2.24) is 14.7 Å². The first kappa shape index (κ1) is 21.5. The lowest BCUT2D eigenvalue weighted by Crippen LogP contribution is -2.65. The van der Waals surface area contributed by atoms with Crippen LogP contribution in [0.25, 0.3) is 0 Å². The van der Waals surface area contributed by atoms with E-state index in [4.69, 9.17) is 9.73 Å². The van der Waals surface area contributed by atoms with Crippen LogP contribution in [0.2, 0.25) is 0 Å². The van der Waals surface area contributed by atoms with Gasteiger partial charge in [-0.2, -0.15) is 0 Å². The third kappa shape index (κ3) is 3.43. The Morgan fingerprint density at radius 2 is 1.71 bits per heavy atom. The van der Waals surface area contributed by atoms with Crippen LogP contribution in [-0.2, 0) is 14.3 Å². The fourth-order valence-electron chi connectivity index (χ4n) is 4.30. The number of guanidine groups is 1. The molecule has 0 aliphatic carbocycles. The number of methoxy groups -OCH3 is 1. The smallest absolute Gasteiger partial charge is 0.328 e. The number of carbonyl (C=O) groups excluding carboxylic acids is 3. The number of likely N-dealkylation sites (N-methyl/N-ethyl adjacent to an activating group) is 1. The number of imide groups is 1. The number of rotatable bonds is 5. The lowest BCUT2D eigenvalue weighted by atomic mass is 10.1. The van der Waals surface area contributed by atoms with Gasteiger partial charge in [0.05, 0.1) is 7.11 Å². The van der Waals surface area contributed by atoms with Crippen LogP contribution in [0.1, 0.15) is 6.92 Å². The number of anilines is 1. The number of fused-ring (bicyclic) bond motifs is 3. The number of para-hydroxylation sites is 1. The van der Waals surface area contributed by atoms with Gasteiger partial charge in [0.15, 0.2) is 12.2 Å². The van der Waals surface area contributed by atoms with Crippen LogP contribution >= 0.6 is 0 Å². The normalized spacial score (nSPS) is 21.3. The second kappa shape index (κ2) is 8.22. The monoisotopic (exact) mass is 461 g/mol. The van der Waals surface area contributed by atoms with E-state index in [-0.39, 0.29) is 0 Å². The summed E-state index contributed by atoms with van der Waals surface area (Å²) >= 11 is 0. The van der Waals surface area contributed by atoms with Crippen molar-refractivity contribution in [2.45, 2.75) is 19.1 Å². The standard InChI is InChI=1S/C24H23N5O5/c1-15-13-27-20-21(26(2)24(32)28(22(20)31)14-19(30)33-3)25-23(27)29(15)16-9-11-18(12-10-16)34-17-7-5-4-6-8-17/h4-13,20-21H,14H2,1-3H3. The summed E-state index contributed by atoms with van der Waals surface area (Å²) in [6.07, 6.45) is 1.13. The highest BCUT2D eigenvalue weighted by Crippen LogP contribution is 2.37. The van der Waals surface area contributed by atoms with E-state index in [9.17, 15) is 14.4 Å². The molecule has 3 amide bonds. The van der Waals surface area contributed by atoms with E-state index in [0.29, 0.717) is 11.7 Å². The molecule has 3 aliphatic rings. The Balaban J connectivity index is 1.40. The molecule has 3 aliphatic heterocycles. The fourth-order valence-corrected chi connectivity index (χ4v) is 4.30. The molecular weight excluding hydrogens is 438 g/mol. The number of aliphatic imine (C=N–C) groups is 1. The highest BCUT2D eigenvalue weighted by Gasteiger charge is 2.54. The van der Waals surface area contributed by atoms with Crippen LogP contribution in [0.5, 0.6) is 11.5 Å². The molecule has 1 saturated heterocycles. The Hall–Kier alpha value is -4.34. The topological polar surface area (TPSA) is 95.0 Å². The summed E-state index contributed by atoms with van der Waals surface area (Å²) in [5.41, 5.74) is 1.70. The zero-order valence-electron chi connectivity index (χ0n) is 18.9. The van der Waals surface area contributed by atoms with Crippen LogP contribution in [0.4, 0.5) is 10.5 Å². The molecule has 0 saturated carbocycles. The minimum Gasteiger partial charge on any atom is -0.468 e. The molecule has 2 aromatic carbocycles. The number of allylic oxidation sites excluding steroid dienone is 1. The van der Waals surface area contributed by atoms with Gasteiger partial charge < -0.3 is 19.3 Å². The van der Waals surface area contributed by atoms with Gasteiger partial charge in [0.1, 0.15) is 18.0 Å². The van der Waals surface area contributed by atoms with Gasteiger partial charge in [-0.15, -0.1) is 0 Å². The maximum Gasteiger partial charge on any atom is 0.328 e. The quantitative estimate of drug-likeness (QED) is 0.632. The lowest BCUT2D eigenvalue weighted by Gasteiger charge is -2.39. The maximum absolute atomic E-state index is 13.2. The van der Waals surface area contributed by atoms with Gasteiger partial charge in [0.2, 0.25) is 5.96 Å². The van der Waals surface area contributed by atoms with Gasteiger partial charge in [0.25, 0.3) is 5.91 Å². The van der Waals surface area contributed by atoms with Gasteiger partial charge in [0, 0.05) is 24.6 Å². The van der Waals surface area contributed by atoms with E-state index in [1.165, 1.54) is 12.0 Å². The van der Waals surface area contributed by atoms with E-state index < -0.39 is 36.7 Å². The van der Waals surface area contributed by atoms with E-state index in [1.807, 2.05) is 72.6 Å². The molecule has 10 heteroatoms. The second-order valence-electron chi connectivity index (χ2n) is 8.10. The first-order valence-corrected chi connectivity index (χ1v) is 10.7. The summed E-state index contributed by atoms with van der Waals surface area (Å²) in [7, 11) is 2.78. The number of carbonyl (C=O) groups is 3. The van der Waals surface area contributed by atoms with Crippen LogP contribution in [0.3, 0.4) is 0 Å². The molecule has 0 spiro atoms. The van der Waals surface area contributed by atoms with E-state index in [2.05, 4.69) is 4.74 Å². The van der Waals surface area contributed by atoms with Gasteiger partial charge in [-0.25, -0.2) is 9.79 Å². The van der Waals surface area contributed by atoms with Gasteiger partial charge >= 0.3 is 12.0 Å². The predicted octanol–water partition coefficient (Wildman–Crippen LogP) is 2.59. The molecule has 3 heterocycles. The number of benzene rings is 2. The lowest BCUT2D eigenvalue weighted by molar-refractivity contribution is -0.148. The van der Waals surface area contributed by atoms with Crippen molar-refractivity contribution >= 4 is 29.6 Å². The number of nitrogens with zero attached hydrogens (tertiary/aromatic N) is 5. The molecule has 0 N–H and O–H groups in total.